The van der Waals surface area contributed by atoms with Gasteiger partial charge in [0.15, 0.2) is 0 Å². The molecule has 1 saturated heterocycles. The zero-order valence-electron chi connectivity index (χ0n) is 15.6. The first-order valence-electron chi connectivity index (χ1n) is 9.13. The molecule has 1 atom stereocenters. The van der Waals surface area contributed by atoms with E-state index in [1.54, 1.807) is 12.3 Å². The van der Waals surface area contributed by atoms with E-state index >= 15 is 0 Å². The van der Waals surface area contributed by atoms with Crippen LogP contribution < -0.4 is 10.2 Å². The summed E-state index contributed by atoms with van der Waals surface area (Å²) >= 11 is 1.41. The van der Waals surface area contributed by atoms with E-state index in [4.69, 9.17) is 11.2 Å². The van der Waals surface area contributed by atoms with Gasteiger partial charge < -0.3 is 20.1 Å². The topological polar surface area (TPSA) is 77.9 Å². The molecule has 1 fully saturated rings. The van der Waals surface area contributed by atoms with Crippen LogP contribution in [0.1, 0.15) is 9.67 Å². The second-order valence-electron chi connectivity index (χ2n) is 6.50. The number of hydrogen-bond donors (Lipinski definition) is 2. The third-order valence-electron chi connectivity index (χ3n) is 4.41. The Hall–Kier alpha value is -2.44. The molecule has 7 nitrogen and oxygen atoms in total. The van der Waals surface area contributed by atoms with Crippen molar-refractivity contribution >= 4 is 28.7 Å². The lowest BCUT2D eigenvalue weighted by molar-refractivity contribution is 0.0267. The van der Waals surface area contributed by atoms with Crippen LogP contribution in [-0.4, -0.2) is 72.9 Å². The normalized spacial score (nSPS) is 15.8. The van der Waals surface area contributed by atoms with Gasteiger partial charge in [0, 0.05) is 32.7 Å². The molecule has 2 aromatic rings. The third kappa shape index (κ3) is 5.78. The lowest BCUT2D eigenvalue weighted by Gasteiger charge is -2.36. The fraction of sp³-hybridized carbons (Fsp3) is 0.400. The predicted octanol–water partition coefficient (Wildman–Crippen LogP) is 1.53. The van der Waals surface area contributed by atoms with Gasteiger partial charge in [-0.2, -0.15) is 0 Å². The number of nitrogens with zero attached hydrogens (tertiary/aromatic N) is 3. The minimum atomic E-state index is -0.538. The number of terminal acetylenes is 1. The van der Waals surface area contributed by atoms with Crippen molar-refractivity contribution < 1.29 is 14.6 Å². The zero-order chi connectivity index (χ0) is 19.8. The van der Waals surface area contributed by atoms with Crippen LogP contribution >= 0.6 is 11.3 Å². The Labute approximate surface area is 168 Å². The van der Waals surface area contributed by atoms with E-state index in [1.807, 2.05) is 23.6 Å². The van der Waals surface area contributed by atoms with Crippen molar-refractivity contribution in [2.75, 3.05) is 56.2 Å². The molecule has 0 aliphatic carbocycles. The molecule has 8 heteroatoms. The highest BCUT2D eigenvalue weighted by Crippen LogP contribution is 2.18. The summed E-state index contributed by atoms with van der Waals surface area (Å²) in [6.45, 7) is 4.37. The van der Waals surface area contributed by atoms with E-state index in [9.17, 15) is 9.90 Å². The van der Waals surface area contributed by atoms with Gasteiger partial charge >= 0.3 is 0 Å². The molecule has 28 heavy (non-hydrogen) atoms. The first-order valence-corrected chi connectivity index (χ1v) is 10.0. The van der Waals surface area contributed by atoms with Crippen LogP contribution in [0.25, 0.3) is 0 Å². The molecule has 0 radical (unpaired) electrons. The Morgan fingerprint density at radius 1 is 1.36 bits per heavy atom. The largest absolute Gasteiger partial charge is 0.389 e. The molecule has 1 unspecified atom stereocenters. The molecule has 148 valence electrons. The number of rotatable bonds is 8. The minimum Gasteiger partial charge on any atom is -0.389 e. The average molecular weight is 401 g/mol. The number of carbonyl (C=O) groups is 1. The van der Waals surface area contributed by atoms with Gasteiger partial charge in [0.1, 0.15) is 12.4 Å². The summed E-state index contributed by atoms with van der Waals surface area (Å²) in [4.78, 5) is 21.6. The fourth-order valence-corrected chi connectivity index (χ4v) is 3.63. The second-order valence-corrected chi connectivity index (χ2v) is 7.44. The van der Waals surface area contributed by atoms with Crippen LogP contribution in [-0.2, 0) is 4.74 Å². The van der Waals surface area contributed by atoms with Crippen molar-refractivity contribution in [2.24, 2.45) is 0 Å². The number of thiophene rings is 1. The number of piperazine rings is 1. The number of aliphatic hydroxyl groups is 1. The molecule has 0 bridgehead atoms. The van der Waals surface area contributed by atoms with Crippen LogP contribution in [0.4, 0.5) is 11.5 Å². The number of carbonyl (C=O) groups excluding carboxylic acids is 1. The molecule has 0 saturated carbocycles. The summed E-state index contributed by atoms with van der Waals surface area (Å²) in [5, 5.41) is 14.7. The van der Waals surface area contributed by atoms with Gasteiger partial charge in [0.05, 0.1) is 29.5 Å². The summed E-state index contributed by atoms with van der Waals surface area (Å²) < 4.78 is 5.18. The molecule has 0 spiro atoms. The van der Waals surface area contributed by atoms with E-state index < -0.39 is 6.10 Å². The Kier molecular flexibility index (Phi) is 7.39. The smallest absolute Gasteiger partial charge is 0.265 e. The van der Waals surface area contributed by atoms with Gasteiger partial charge in [0.25, 0.3) is 5.91 Å². The predicted molar refractivity (Wildman–Crippen MR) is 111 cm³/mol. The van der Waals surface area contributed by atoms with E-state index in [0.717, 1.165) is 32.0 Å². The number of hydrogen-bond acceptors (Lipinski definition) is 7. The summed E-state index contributed by atoms with van der Waals surface area (Å²) in [5.74, 6) is 3.15. The SMILES string of the molecule is C#CCOCC(O)CN1CCN(c2ccc(NC(=O)c3cccs3)cn2)CC1. The quantitative estimate of drug-likeness (QED) is 0.517. The number of anilines is 2. The maximum absolute atomic E-state index is 12.1. The van der Waals surface area contributed by atoms with Crippen LogP contribution in [0.2, 0.25) is 0 Å². The van der Waals surface area contributed by atoms with Crippen LogP contribution in [0.3, 0.4) is 0 Å². The summed E-state index contributed by atoms with van der Waals surface area (Å²) in [6.07, 6.45) is 6.27. The molecule has 0 aromatic carbocycles. The second kappa shape index (κ2) is 10.2. The highest BCUT2D eigenvalue weighted by atomic mass is 32.1. The summed E-state index contributed by atoms with van der Waals surface area (Å²) in [7, 11) is 0. The molecule has 1 aliphatic heterocycles. The molecular formula is C20H24N4O3S. The van der Waals surface area contributed by atoms with Gasteiger partial charge in [-0.15, -0.1) is 17.8 Å². The lowest BCUT2D eigenvalue weighted by Crippen LogP contribution is -2.49. The maximum atomic E-state index is 12.1. The lowest BCUT2D eigenvalue weighted by atomic mass is 10.2. The van der Waals surface area contributed by atoms with Crippen molar-refractivity contribution in [3.05, 3.63) is 40.7 Å². The monoisotopic (exact) mass is 400 g/mol. The van der Waals surface area contributed by atoms with E-state index in [1.165, 1.54) is 11.3 Å². The van der Waals surface area contributed by atoms with E-state index in [2.05, 4.69) is 26.0 Å². The first kappa shape index (κ1) is 20.3. The number of aromatic nitrogens is 1. The number of nitrogens with one attached hydrogen (secondary N) is 1. The third-order valence-corrected chi connectivity index (χ3v) is 5.28. The van der Waals surface area contributed by atoms with Gasteiger partial charge in [-0.3, -0.25) is 9.69 Å². The number of ether oxygens (including phenoxy) is 1. The molecular weight excluding hydrogens is 376 g/mol. The molecule has 2 aromatic heterocycles. The number of amides is 1. The zero-order valence-corrected chi connectivity index (χ0v) is 16.4. The average Bonchev–Trinajstić information content (AvgIpc) is 3.24. The Balaban J connectivity index is 1.44. The molecule has 3 rings (SSSR count). The van der Waals surface area contributed by atoms with Gasteiger partial charge in [-0.05, 0) is 23.6 Å². The standard InChI is InChI=1S/C20H24N4O3S/c1-2-11-27-15-17(25)14-23-7-9-24(10-8-23)19-6-5-16(13-21-19)22-20(26)18-4-3-12-28-18/h1,3-6,12-13,17,25H,7-11,14-15H2,(H,22,26). The minimum absolute atomic E-state index is 0.122. The van der Waals surface area contributed by atoms with Crippen molar-refractivity contribution in [1.82, 2.24) is 9.88 Å². The van der Waals surface area contributed by atoms with Gasteiger partial charge in [-0.25, -0.2) is 4.98 Å². The number of β-amino-alcohol motifs (C(OH)–C–C–N with tert-alkyl or cyclic N) is 1. The van der Waals surface area contributed by atoms with E-state index in [0.29, 0.717) is 17.1 Å². The van der Waals surface area contributed by atoms with Crippen molar-refractivity contribution in [2.45, 2.75) is 6.10 Å². The number of aliphatic hydroxyl groups excluding tert-OH is 1. The Bertz CT molecular complexity index is 781. The summed E-state index contributed by atoms with van der Waals surface area (Å²) in [5.41, 5.74) is 0.677. The van der Waals surface area contributed by atoms with Gasteiger partial charge in [0.2, 0.25) is 0 Å². The highest BCUT2D eigenvalue weighted by Gasteiger charge is 2.20. The summed E-state index contributed by atoms with van der Waals surface area (Å²) in [6, 6.07) is 7.43. The molecule has 2 N–H and O–H groups in total. The highest BCUT2D eigenvalue weighted by molar-refractivity contribution is 7.12. The molecule has 1 aliphatic rings. The molecule has 1 amide bonds. The van der Waals surface area contributed by atoms with Crippen molar-refractivity contribution in [3.63, 3.8) is 0 Å². The Morgan fingerprint density at radius 2 is 2.18 bits per heavy atom. The number of pyridine rings is 1. The van der Waals surface area contributed by atoms with E-state index in [-0.39, 0.29) is 19.1 Å². The van der Waals surface area contributed by atoms with Crippen LogP contribution in [0.5, 0.6) is 0 Å². The van der Waals surface area contributed by atoms with Crippen LogP contribution in [0, 0.1) is 12.3 Å². The molecule has 3 heterocycles. The van der Waals surface area contributed by atoms with Crippen LogP contribution in [0.15, 0.2) is 35.8 Å². The first-order chi connectivity index (χ1) is 13.7. The Morgan fingerprint density at radius 3 is 2.82 bits per heavy atom. The fourth-order valence-electron chi connectivity index (χ4n) is 3.01. The maximum Gasteiger partial charge on any atom is 0.265 e. The van der Waals surface area contributed by atoms with Crippen molar-refractivity contribution in [1.29, 1.82) is 0 Å². The van der Waals surface area contributed by atoms with Crippen molar-refractivity contribution in [3.8, 4) is 12.3 Å². The van der Waals surface area contributed by atoms with Gasteiger partial charge in [-0.1, -0.05) is 12.0 Å².